The maximum absolute atomic E-state index is 12.0. The summed E-state index contributed by atoms with van der Waals surface area (Å²) in [5.74, 6) is -0.00197. The molecule has 0 aromatic heterocycles. The minimum Gasteiger partial charge on any atom is -0.390 e. The quantitative estimate of drug-likeness (QED) is 0.746. The Kier molecular flexibility index (Phi) is 3.03. The third-order valence-electron chi connectivity index (χ3n) is 4.67. The Morgan fingerprint density at radius 2 is 2.06 bits per heavy atom. The monoisotopic (exact) mass is 250 g/mol. The molecule has 100 valence electrons. The molecule has 2 aliphatic carbocycles. The second-order valence-corrected chi connectivity index (χ2v) is 6.42. The van der Waals surface area contributed by atoms with Crippen molar-refractivity contribution in [2.75, 3.05) is 0 Å². The van der Waals surface area contributed by atoms with Crippen LogP contribution < -0.4 is 0 Å². The topological polar surface area (TPSA) is 57.5 Å². The van der Waals surface area contributed by atoms with Crippen LogP contribution in [0.1, 0.15) is 34.1 Å². The largest absolute Gasteiger partial charge is 0.390 e. The number of allylic oxidation sites excluding steroid dienone is 2. The highest BCUT2D eigenvalue weighted by molar-refractivity contribution is 6.06. The number of hydrogen-bond acceptors (Lipinski definition) is 3. The molecule has 0 unspecified atom stereocenters. The van der Waals surface area contributed by atoms with Gasteiger partial charge in [-0.15, -0.1) is 0 Å². The standard InChI is InChI=1S/C15H22O3/c1-9-7-10(16)8-11-12(17)5-6-13(14(2,3)18)15(9,11)4/h5-6,8-10,13,16,18H,7H2,1-4H3/t9-,10-,13+,15+/m1/s1. The van der Waals surface area contributed by atoms with Crippen molar-refractivity contribution in [1.29, 1.82) is 0 Å². The molecule has 0 heterocycles. The van der Waals surface area contributed by atoms with Crippen LogP contribution in [-0.4, -0.2) is 27.7 Å². The van der Waals surface area contributed by atoms with Crippen LogP contribution in [0.2, 0.25) is 0 Å². The van der Waals surface area contributed by atoms with Crippen molar-refractivity contribution in [1.82, 2.24) is 0 Å². The Morgan fingerprint density at radius 1 is 1.44 bits per heavy atom. The van der Waals surface area contributed by atoms with Gasteiger partial charge in [0.05, 0.1) is 11.7 Å². The molecular formula is C15H22O3. The highest BCUT2D eigenvalue weighted by atomic mass is 16.3. The maximum Gasteiger partial charge on any atom is 0.181 e. The normalized spacial score (nSPS) is 40.4. The average Bonchev–Trinajstić information content (AvgIpc) is 2.20. The summed E-state index contributed by atoms with van der Waals surface area (Å²) >= 11 is 0. The summed E-state index contributed by atoms with van der Waals surface area (Å²) in [5, 5.41) is 20.2. The number of ketones is 1. The summed E-state index contributed by atoms with van der Waals surface area (Å²) in [6.07, 6.45) is 5.11. The van der Waals surface area contributed by atoms with Crippen LogP contribution in [0.5, 0.6) is 0 Å². The van der Waals surface area contributed by atoms with E-state index in [2.05, 4.69) is 0 Å². The fourth-order valence-electron chi connectivity index (χ4n) is 3.58. The van der Waals surface area contributed by atoms with Crippen LogP contribution in [0.15, 0.2) is 23.8 Å². The van der Waals surface area contributed by atoms with Gasteiger partial charge in [-0.1, -0.05) is 19.9 Å². The van der Waals surface area contributed by atoms with Gasteiger partial charge in [-0.25, -0.2) is 0 Å². The first kappa shape index (κ1) is 13.5. The van der Waals surface area contributed by atoms with Gasteiger partial charge in [0.15, 0.2) is 5.78 Å². The van der Waals surface area contributed by atoms with Gasteiger partial charge in [-0.05, 0) is 38.3 Å². The Bertz CT molecular complexity index is 428. The van der Waals surface area contributed by atoms with Gasteiger partial charge in [0.2, 0.25) is 0 Å². The third-order valence-corrected chi connectivity index (χ3v) is 4.67. The predicted molar refractivity (Wildman–Crippen MR) is 69.9 cm³/mol. The number of carbonyl (C=O) groups is 1. The van der Waals surface area contributed by atoms with Crippen molar-refractivity contribution in [3.8, 4) is 0 Å². The molecule has 2 rings (SSSR count). The molecule has 0 aromatic carbocycles. The lowest BCUT2D eigenvalue weighted by Crippen LogP contribution is -2.51. The zero-order valence-corrected chi connectivity index (χ0v) is 11.5. The molecular weight excluding hydrogens is 228 g/mol. The zero-order valence-electron chi connectivity index (χ0n) is 11.5. The van der Waals surface area contributed by atoms with E-state index in [0.717, 1.165) is 0 Å². The first-order valence-corrected chi connectivity index (χ1v) is 6.52. The van der Waals surface area contributed by atoms with Gasteiger partial charge in [0, 0.05) is 16.9 Å². The van der Waals surface area contributed by atoms with Crippen LogP contribution >= 0.6 is 0 Å². The molecule has 0 aromatic rings. The predicted octanol–water partition coefficient (Wildman–Crippen LogP) is 1.85. The zero-order chi connectivity index (χ0) is 13.7. The number of aliphatic hydroxyl groups is 2. The van der Waals surface area contributed by atoms with Crippen LogP contribution in [0.4, 0.5) is 0 Å². The van der Waals surface area contributed by atoms with Crippen molar-refractivity contribution in [2.45, 2.75) is 45.8 Å². The Hall–Kier alpha value is -0.930. The fourth-order valence-corrected chi connectivity index (χ4v) is 3.58. The van der Waals surface area contributed by atoms with Crippen molar-refractivity contribution in [3.63, 3.8) is 0 Å². The molecule has 0 fully saturated rings. The minimum atomic E-state index is -0.887. The lowest BCUT2D eigenvalue weighted by Gasteiger charge is -2.51. The van der Waals surface area contributed by atoms with Gasteiger partial charge in [0.25, 0.3) is 0 Å². The molecule has 0 radical (unpaired) electrons. The first-order chi connectivity index (χ1) is 8.17. The van der Waals surface area contributed by atoms with Gasteiger partial charge in [-0.2, -0.15) is 0 Å². The van der Waals surface area contributed by atoms with Crippen molar-refractivity contribution in [2.24, 2.45) is 17.3 Å². The van der Waals surface area contributed by atoms with E-state index in [1.165, 1.54) is 6.08 Å². The van der Waals surface area contributed by atoms with Crippen LogP contribution in [0.25, 0.3) is 0 Å². The Balaban J connectivity index is 2.59. The second-order valence-electron chi connectivity index (χ2n) is 6.42. The average molecular weight is 250 g/mol. The Morgan fingerprint density at radius 3 is 2.61 bits per heavy atom. The molecule has 0 amide bonds. The number of fused-ring (bicyclic) bond motifs is 1. The van der Waals surface area contributed by atoms with E-state index in [4.69, 9.17) is 0 Å². The summed E-state index contributed by atoms with van der Waals surface area (Å²) in [6, 6.07) is 0. The molecule has 2 N–H and O–H groups in total. The van der Waals surface area contributed by atoms with E-state index in [0.29, 0.717) is 12.0 Å². The summed E-state index contributed by atoms with van der Waals surface area (Å²) in [5.41, 5.74) is -0.631. The molecule has 4 atom stereocenters. The van der Waals surface area contributed by atoms with Gasteiger partial charge in [0.1, 0.15) is 0 Å². The molecule has 2 aliphatic rings. The van der Waals surface area contributed by atoms with E-state index >= 15 is 0 Å². The molecule has 0 bridgehead atoms. The Labute approximate surface area is 108 Å². The number of hydrogen-bond donors (Lipinski definition) is 2. The molecule has 3 nitrogen and oxygen atoms in total. The van der Waals surface area contributed by atoms with Crippen molar-refractivity contribution < 1.29 is 15.0 Å². The molecule has 0 saturated heterocycles. The molecule has 18 heavy (non-hydrogen) atoms. The van der Waals surface area contributed by atoms with E-state index in [1.54, 1.807) is 19.9 Å². The molecule has 0 spiro atoms. The summed E-state index contributed by atoms with van der Waals surface area (Å²) in [6.45, 7) is 7.62. The van der Waals surface area contributed by atoms with Gasteiger partial charge in [-0.3, -0.25) is 4.79 Å². The lowest BCUT2D eigenvalue weighted by atomic mass is 9.54. The lowest BCUT2D eigenvalue weighted by molar-refractivity contribution is -0.116. The number of aliphatic hydroxyl groups excluding tert-OH is 1. The first-order valence-electron chi connectivity index (χ1n) is 6.52. The summed E-state index contributed by atoms with van der Waals surface area (Å²) in [4.78, 5) is 12.0. The van der Waals surface area contributed by atoms with Gasteiger partial charge >= 0.3 is 0 Å². The van der Waals surface area contributed by atoms with Crippen LogP contribution in [-0.2, 0) is 4.79 Å². The van der Waals surface area contributed by atoms with Crippen molar-refractivity contribution in [3.05, 3.63) is 23.8 Å². The smallest absolute Gasteiger partial charge is 0.181 e. The molecule has 0 saturated carbocycles. The van der Waals surface area contributed by atoms with Crippen LogP contribution in [0.3, 0.4) is 0 Å². The van der Waals surface area contributed by atoms with E-state index in [9.17, 15) is 15.0 Å². The van der Waals surface area contributed by atoms with E-state index < -0.39 is 17.1 Å². The SMILES string of the molecule is C[C@@H]1C[C@@H](O)C=C2C(=O)C=C[C@@H](C(C)(C)O)[C@]21C. The number of rotatable bonds is 1. The van der Waals surface area contributed by atoms with Crippen LogP contribution in [0, 0.1) is 17.3 Å². The molecule has 3 heteroatoms. The highest BCUT2D eigenvalue weighted by Gasteiger charge is 2.52. The molecule has 0 aliphatic heterocycles. The third kappa shape index (κ3) is 1.86. The van der Waals surface area contributed by atoms with Crippen molar-refractivity contribution >= 4 is 5.78 Å². The van der Waals surface area contributed by atoms with E-state index in [1.807, 2.05) is 19.9 Å². The van der Waals surface area contributed by atoms with Gasteiger partial charge < -0.3 is 10.2 Å². The highest BCUT2D eigenvalue weighted by Crippen LogP contribution is 2.53. The summed E-state index contributed by atoms with van der Waals surface area (Å²) in [7, 11) is 0. The maximum atomic E-state index is 12.0. The van der Waals surface area contributed by atoms with E-state index in [-0.39, 0.29) is 17.6 Å². The summed E-state index contributed by atoms with van der Waals surface area (Å²) < 4.78 is 0. The minimum absolute atomic E-state index is 0.0383. The second kappa shape index (κ2) is 4.04. The number of carbonyl (C=O) groups excluding carboxylic acids is 1. The fraction of sp³-hybridized carbons (Fsp3) is 0.667.